The Balaban J connectivity index is 1.60. The van der Waals surface area contributed by atoms with Gasteiger partial charge in [0.05, 0.1) is 12.7 Å². The number of hydrogen-bond acceptors (Lipinski definition) is 3. The lowest BCUT2D eigenvalue weighted by molar-refractivity contribution is -0.147. The van der Waals surface area contributed by atoms with Gasteiger partial charge < -0.3 is 14.4 Å². The molecule has 5 nitrogen and oxygen atoms in total. The number of carbonyl (C=O) groups is 2. The van der Waals surface area contributed by atoms with Crippen LogP contribution in [0.2, 0.25) is 0 Å². The van der Waals surface area contributed by atoms with Gasteiger partial charge in [-0.05, 0) is 55.4 Å². The van der Waals surface area contributed by atoms with E-state index < -0.39 is 12.0 Å². The van der Waals surface area contributed by atoms with Gasteiger partial charge in [0, 0.05) is 17.5 Å². The third kappa shape index (κ3) is 2.40. The number of rotatable bonds is 3. The van der Waals surface area contributed by atoms with E-state index in [-0.39, 0.29) is 12.3 Å². The molecule has 2 aromatic rings. The first-order chi connectivity index (χ1) is 11.1. The van der Waals surface area contributed by atoms with Crippen LogP contribution < -0.4 is 0 Å². The molecule has 1 aromatic heterocycles. The molecule has 2 aliphatic rings. The molecule has 1 aromatic carbocycles. The number of likely N-dealkylation sites (tertiary alicyclic amines) is 1. The molecular weight excluding hydrogens is 294 g/mol. The van der Waals surface area contributed by atoms with E-state index in [1.807, 2.05) is 0 Å². The molecule has 1 amide bonds. The Hall–Kier alpha value is -2.30. The number of amides is 1. The van der Waals surface area contributed by atoms with E-state index in [1.165, 1.54) is 22.4 Å². The summed E-state index contributed by atoms with van der Waals surface area (Å²) < 4.78 is 5.63. The highest BCUT2D eigenvalue weighted by molar-refractivity contribution is 5.90. The van der Waals surface area contributed by atoms with Crippen molar-refractivity contribution in [3.63, 3.8) is 0 Å². The van der Waals surface area contributed by atoms with Crippen LogP contribution in [0.25, 0.3) is 11.0 Å². The standard InChI is InChI=1S/C18H19NO4/c20-17(19-6-2-5-15(19)18(21)22)9-13-10-23-16-8-12-4-1-3-11(12)7-14(13)16/h7-8,10,15H,1-6,9H2,(H,21,22)/t15-/m1/s1. The molecule has 1 saturated heterocycles. The second-order valence-electron chi connectivity index (χ2n) is 6.49. The maximum absolute atomic E-state index is 12.5. The lowest BCUT2D eigenvalue weighted by Crippen LogP contribution is -2.41. The van der Waals surface area contributed by atoms with Crippen molar-refractivity contribution in [1.29, 1.82) is 0 Å². The minimum Gasteiger partial charge on any atom is -0.480 e. The van der Waals surface area contributed by atoms with Gasteiger partial charge in [-0.2, -0.15) is 0 Å². The van der Waals surface area contributed by atoms with Gasteiger partial charge >= 0.3 is 5.97 Å². The fourth-order valence-electron chi connectivity index (χ4n) is 3.87. The van der Waals surface area contributed by atoms with Crippen molar-refractivity contribution in [2.75, 3.05) is 6.54 Å². The normalized spacial score (nSPS) is 20.2. The fraction of sp³-hybridized carbons (Fsp3) is 0.444. The lowest BCUT2D eigenvalue weighted by atomic mass is 10.0. The predicted molar refractivity (Wildman–Crippen MR) is 84.3 cm³/mol. The van der Waals surface area contributed by atoms with Crippen molar-refractivity contribution in [3.05, 3.63) is 35.1 Å². The summed E-state index contributed by atoms with van der Waals surface area (Å²) in [4.78, 5) is 25.3. The third-order valence-corrected chi connectivity index (χ3v) is 5.07. The molecule has 0 bridgehead atoms. The summed E-state index contributed by atoms with van der Waals surface area (Å²) in [7, 11) is 0. The lowest BCUT2D eigenvalue weighted by Gasteiger charge is -2.21. The topological polar surface area (TPSA) is 70.8 Å². The van der Waals surface area contributed by atoms with Gasteiger partial charge in [-0.1, -0.05) is 0 Å². The second-order valence-corrected chi connectivity index (χ2v) is 6.49. The van der Waals surface area contributed by atoms with Crippen molar-refractivity contribution in [3.8, 4) is 0 Å². The predicted octanol–water partition coefficient (Wildman–Crippen LogP) is 2.54. The largest absolute Gasteiger partial charge is 0.480 e. The monoisotopic (exact) mass is 313 g/mol. The average Bonchev–Trinajstić information content (AvgIpc) is 3.24. The zero-order valence-electron chi connectivity index (χ0n) is 12.9. The molecule has 23 heavy (non-hydrogen) atoms. The highest BCUT2D eigenvalue weighted by Gasteiger charge is 2.34. The molecule has 120 valence electrons. The van der Waals surface area contributed by atoms with Crippen LogP contribution in [0.15, 0.2) is 22.8 Å². The van der Waals surface area contributed by atoms with Gasteiger partial charge in [0.15, 0.2) is 0 Å². The summed E-state index contributed by atoms with van der Waals surface area (Å²) >= 11 is 0. The molecule has 0 unspecified atom stereocenters. The highest BCUT2D eigenvalue weighted by atomic mass is 16.4. The molecule has 0 radical (unpaired) electrons. The molecule has 0 saturated carbocycles. The van der Waals surface area contributed by atoms with Crippen LogP contribution in [0.4, 0.5) is 0 Å². The van der Waals surface area contributed by atoms with E-state index in [9.17, 15) is 14.7 Å². The van der Waals surface area contributed by atoms with E-state index in [1.54, 1.807) is 6.26 Å². The third-order valence-electron chi connectivity index (χ3n) is 5.07. The van der Waals surface area contributed by atoms with Crippen LogP contribution in [0.3, 0.4) is 0 Å². The van der Waals surface area contributed by atoms with Crippen molar-refractivity contribution in [2.45, 2.75) is 44.6 Å². The van der Waals surface area contributed by atoms with Gasteiger partial charge in [0.25, 0.3) is 0 Å². The van der Waals surface area contributed by atoms with E-state index in [0.717, 1.165) is 35.8 Å². The van der Waals surface area contributed by atoms with Crippen LogP contribution in [-0.2, 0) is 28.9 Å². The zero-order chi connectivity index (χ0) is 16.0. The molecule has 0 spiro atoms. The maximum atomic E-state index is 12.5. The maximum Gasteiger partial charge on any atom is 0.326 e. The minimum absolute atomic E-state index is 0.127. The van der Waals surface area contributed by atoms with Crippen molar-refractivity contribution in [1.82, 2.24) is 4.90 Å². The number of aryl methyl sites for hydroxylation is 2. The molecule has 5 heteroatoms. The minimum atomic E-state index is -0.911. The van der Waals surface area contributed by atoms with Crippen LogP contribution >= 0.6 is 0 Å². The number of hydrogen-bond donors (Lipinski definition) is 1. The Kier molecular flexibility index (Phi) is 3.36. The Labute approximate surface area is 133 Å². The summed E-state index contributed by atoms with van der Waals surface area (Å²) in [6.45, 7) is 0.529. The number of carboxylic acid groups (broad SMARTS) is 1. The van der Waals surface area contributed by atoms with Crippen LogP contribution in [0, 0.1) is 0 Å². The molecule has 1 aliphatic heterocycles. The number of carbonyl (C=O) groups excluding carboxylic acids is 1. The van der Waals surface area contributed by atoms with Crippen LogP contribution in [-0.4, -0.2) is 34.5 Å². The number of carboxylic acids is 1. The number of nitrogens with zero attached hydrogens (tertiary/aromatic N) is 1. The van der Waals surface area contributed by atoms with Crippen molar-refractivity contribution in [2.24, 2.45) is 0 Å². The smallest absolute Gasteiger partial charge is 0.326 e. The average molecular weight is 313 g/mol. The summed E-state index contributed by atoms with van der Waals surface area (Å²) in [5, 5.41) is 10.2. The Bertz CT molecular complexity index is 792. The molecular formula is C18H19NO4. The molecule has 1 aliphatic carbocycles. The Morgan fingerprint density at radius 3 is 2.78 bits per heavy atom. The van der Waals surface area contributed by atoms with Gasteiger partial charge in [-0.25, -0.2) is 4.79 Å². The number of furan rings is 1. The SMILES string of the molecule is O=C(O)[C@H]1CCCN1C(=O)Cc1coc2cc3c(cc12)CCC3. The zero-order valence-corrected chi connectivity index (χ0v) is 12.9. The van der Waals surface area contributed by atoms with Crippen molar-refractivity contribution >= 4 is 22.8 Å². The second kappa shape index (κ2) is 5.41. The van der Waals surface area contributed by atoms with Crippen molar-refractivity contribution < 1.29 is 19.1 Å². The molecule has 4 rings (SSSR count). The summed E-state index contributed by atoms with van der Waals surface area (Å²) in [5.74, 6) is -1.04. The van der Waals surface area contributed by atoms with Gasteiger partial charge in [0.2, 0.25) is 5.91 Å². The fourth-order valence-corrected chi connectivity index (χ4v) is 3.87. The number of aliphatic carboxylic acids is 1. The van der Waals surface area contributed by atoms with E-state index in [4.69, 9.17) is 4.42 Å². The van der Waals surface area contributed by atoms with Gasteiger partial charge in [0.1, 0.15) is 11.6 Å². The summed E-state index contributed by atoms with van der Waals surface area (Å²) in [6.07, 6.45) is 6.48. The first-order valence-electron chi connectivity index (χ1n) is 8.17. The molecule has 2 heterocycles. The van der Waals surface area contributed by atoms with E-state index in [2.05, 4.69) is 12.1 Å². The first-order valence-corrected chi connectivity index (χ1v) is 8.17. The van der Waals surface area contributed by atoms with Crippen LogP contribution in [0.1, 0.15) is 36.0 Å². The number of fused-ring (bicyclic) bond motifs is 2. The Morgan fingerprint density at radius 1 is 1.22 bits per heavy atom. The molecule has 1 fully saturated rings. The summed E-state index contributed by atoms with van der Waals surface area (Å²) in [5.41, 5.74) is 4.37. The Morgan fingerprint density at radius 2 is 2.00 bits per heavy atom. The molecule has 1 N–H and O–H groups in total. The van der Waals surface area contributed by atoms with Crippen LogP contribution in [0.5, 0.6) is 0 Å². The van der Waals surface area contributed by atoms with Gasteiger partial charge in [-0.3, -0.25) is 4.79 Å². The van der Waals surface area contributed by atoms with Gasteiger partial charge in [-0.15, -0.1) is 0 Å². The number of benzene rings is 1. The highest BCUT2D eigenvalue weighted by Crippen LogP contribution is 2.31. The van der Waals surface area contributed by atoms with E-state index >= 15 is 0 Å². The molecule has 1 atom stereocenters. The first kappa shape index (κ1) is 14.3. The van der Waals surface area contributed by atoms with E-state index in [0.29, 0.717) is 13.0 Å². The quantitative estimate of drug-likeness (QED) is 0.945. The summed E-state index contributed by atoms with van der Waals surface area (Å²) in [6, 6.07) is 3.55.